The van der Waals surface area contributed by atoms with Gasteiger partial charge in [-0.25, -0.2) is 0 Å². The van der Waals surface area contributed by atoms with Gasteiger partial charge < -0.3 is 5.73 Å². The van der Waals surface area contributed by atoms with Gasteiger partial charge in [0.1, 0.15) is 0 Å². The molecule has 1 aromatic rings. The van der Waals surface area contributed by atoms with E-state index >= 15 is 0 Å². The zero-order valence-electron chi connectivity index (χ0n) is 13.2. The summed E-state index contributed by atoms with van der Waals surface area (Å²) in [5.74, 6) is 0.756. The molecule has 0 aliphatic heterocycles. The average Bonchev–Trinajstić information content (AvgIpc) is 2.73. The molecular formula is C15H30N4. The van der Waals surface area contributed by atoms with Gasteiger partial charge in [-0.1, -0.05) is 33.6 Å². The first kappa shape index (κ1) is 16.2. The van der Waals surface area contributed by atoms with Crippen molar-refractivity contribution in [3.8, 4) is 0 Å². The molecule has 1 rings (SSSR count). The van der Waals surface area contributed by atoms with Crippen LogP contribution in [0.2, 0.25) is 0 Å². The zero-order chi connectivity index (χ0) is 14.4. The molecule has 110 valence electrons. The molecule has 1 heterocycles. The summed E-state index contributed by atoms with van der Waals surface area (Å²) in [6.45, 7) is 11.6. The van der Waals surface area contributed by atoms with Crippen LogP contribution in [0.15, 0.2) is 6.20 Å². The van der Waals surface area contributed by atoms with Crippen molar-refractivity contribution < 1.29 is 0 Å². The normalized spacial score (nSPS) is 13.5. The van der Waals surface area contributed by atoms with Crippen molar-refractivity contribution in [2.24, 2.45) is 18.7 Å². The number of nitrogens with two attached hydrogens (primary N) is 1. The highest BCUT2D eigenvalue weighted by molar-refractivity contribution is 5.20. The highest BCUT2D eigenvalue weighted by Gasteiger charge is 2.23. The molecular weight excluding hydrogens is 236 g/mol. The second-order valence-electron chi connectivity index (χ2n) is 5.37. The van der Waals surface area contributed by atoms with Crippen LogP contribution in [-0.4, -0.2) is 34.3 Å². The summed E-state index contributed by atoms with van der Waals surface area (Å²) < 4.78 is 1.89. The second kappa shape index (κ2) is 7.65. The number of rotatable bonds is 8. The van der Waals surface area contributed by atoms with E-state index in [1.807, 2.05) is 11.7 Å². The topological polar surface area (TPSA) is 47.1 Å². The van der Waals surface area contributed by atoms with Gasteiger partial charge in [0.15, 0.2) is 0 Å². The molecule has 0 spiro atoms. The quantitative estimate of drug-likeness (QED) is 0.786. The number of likely N-dealkylation sites (N-methyl/N-ethyl adjacent to an activating group) is 1. The fraction of sp³-hybridized carbons (Fsp3) is 0.800. The highest BCUT2D eigenvalue weighted by atomic mass is 15.3. The van der Waals surface area contributed by atoms with Gasteiger partial charge in [-0.2, -0.15) is 5.10 Å². The highest BCUT2D eigenvalue weighted by Crippen LogP contribution is 2.24. The fourth-order valence-electron chi connectivity index (χ4n) is 2.77. The zero-order valence-corrected chi connectivity index (χ0v) is 13.2. The van der Waals surface area contributed by atoms with Crippen molar-refractivity contribution >= 4 is 0 Å². The molecule has 0 saturated heterocycles. The van der Waals surface area contributed by atoms with Gasteiger partial charge in [0.2, 0.25) is 0 Å². The molecule has 1 aromatic heterocycles. The number of hydrogen-bond acceptors (Lipinski definition) is 3. The Morgan fingerprint density at radius 3 is 2.32 bits per heavy atom. The number of hydrogen-bond donors (Lipinski definition) is 1. The van der Waals surface area contributed by atoms with E-state index in [1.165, 1.54) is 18.4 Å². The first-order valence-electron chi connectivity index (χ1n) is 7.51. The largest absolute Gasteiger partial charge is 0.329 e. The van der Waals surface area contributed by atoms with Gasteiger partial charge >= 0.3 is 0 Å². The molecule has 0 amide bonds. The number of aromatic nitrogens is 2. The maximum Gasteiger partial charge on any atom is 0.0641 e. The molecule has 0 saturated carbocycles. The smallest absolute Gasteiger partial charge is 0.0641 e. The van der Waals surface area contributed by atoms with Crippen LogP contribution in [0, 0.1) is 12.8 Å². The Bertz CT molecular complexity index is 368. The van der Waals surface area contributed by atoms with Crippen molar-refractivity contribution in [2.75, 3.05) is 19.6 Å². The Hall–Kier alpha value is -0.870. The van der Waals surface area contributed by atoms with E-state index in [2.05, 4.69) is 43.9 Å². The summed E-state index contributed by atoms with van der Waals surface area (Å²) in [5.41, 5.74) is 8.41. The molecule has 0 fully saturated rings. The van der Waals surface area contributed by atoms with E-state index in [9.17, 15) is 0 Å². The van der Waals surface area contributed by atoms with E-state index in [0.717, 1.165) is 24.7 Å². The van der Waals surface area contributed by atoms with Crippen molar-refractivity contribution in [1.29, 1.82) is 0 Å². The molecule has 4 nitrogen and oxygen atoms in total. The van der Waals surface area contributed by atoms with Crippen molar-refractivity contribution in [3.63, 3.8) is 0 Å². The van der Waals surface area contributed by atoms with Crippen molar-refractivity contribution in [3.05, 3.63) is 17.5 Å². The van der Waals surface area contributed by atoms with Crippen molar-refractivity contribution in [2.45, 2.75) is 46.6 Å². The van der Waals surface area contributed by atoms with Crippen LogP contribution in [0.4, 0.5) is 0 Å². The Balaban J connectivity index is 2.89. The predicted octanol–water partition coefficient (Wildman–Crippen LogP) is 2.49. The standard InChI is InChI=1S/C15H30N4/c1-6-13(7-2)10-19(8-3)15(9-16)14-11-18(5)17-12(14)4/h11,13,15H,6-10,16H2,1-5H3. The van der Waals surface area contributed by atoms with Gasteiger partial charge in [-0.05, 0) is 19.4 Å². The Labute approximate surface area is 118 Å². The number of aryl methyl sites for hydroxylation is 2. The van der Waals surface area contributed by atoms with Crippen LogP contribution in [0.25, 0.3) is 0 Å². The monoisotopic (exact) mass is 266 g/mol. The summed E-state index contributed by atoms with van der Waals surface area (Å²) in [5, 5.41) is 4.45. The number of nitrogens with zero attached hydrogens (tertiary/aromatic N) is 3. The Morgan fingerprint density at radius 2 is 1.95 bits per heavy atom. The van der Waals surface area contributed by atoms with Gasteiger partial charge in [-0.3, -0.25) is 9.58 Å². The summed E-state index contributed by atoms with van der Waals surface area (Å²) in [6.07, 6.45) is 4.58. The minimum Gasteiger partial charge on any atom is -0.329 e. The lowest BCUT2D eigenvalue weighted by atomic mass is 10.00. The van der Waals surface area contributed by atoms with E-state index < -0.39 is 0 Å². The molecule has 19 heavy (non-hydrogen) atoms. The van der Waals surface area contributed by atoms with Gasteiger partial charge in [0, 0.05) is 31.9 Å². The summed E-state index contributed by atoms with van der Waals surface area (Å²) in [4.78, 5) is 2.50. The lowest BCUT2D eigenvalue weighted by Gasteiger charge is -2.32. The first-order valence-corrected chi connectivity index (χ1v) is 7.51. The van der Waals surface area contributed by atoms with Gasteiger partial charge in [0.25, 0.3) is 0 Å². The lowest BCUT2D eigenvalue weighted by molar-refractivity contribution is 0.174. The minimum atomic E-state index is 0.291. The van der Waals surface area contributed by atoms with Crippen molar-refractivity contribution in [1.82, 2.24) is 14.7 Å². The summed E-state index contributed by atoms with van der Waals surface area (Å²) >= 11 is 0. The van der Waals surface area contributed by atoms with E-state index in [4.69, 9.17) is 5.73 Å². The predicted molar refractivity (Wildman–Crippen MR) is 81.1 cm³/mol. The van der Waals surface area contributed by atoms with Crippen LogP contribution in [-0.2, 0) is 7.05 Å². The molecule has 1 unspecified atom stereocenters. The van der Waals surface area contributed by atoms with Crippen LogP contribution >= 0.6 is 0 Å². The fourth-order valence-corrected chi connectivity index (χ4v) is 2.77. The molecule has 0 aliphatic rings. The third-order valence-electron chi connectivity index (χ3n) is 4.13. The molecule has 0 aromatic carbocycles. The van der Waals surface area contributed by atoms with Gasteiger partial charge in [0.05, 0.1) is 11.7 Å². The van der Waals surface area contributed by atoms with Crippen LogP contribution < -0.4 is 5.73 Å². The third-order valence-corrected chi connectivity index (χ3v) is 4.13. The van der Waals surface area contributed by atoms with Crippen LogP contribution in [0.1, 0.15) is 50.9 Å². The second-order valence-corrected chi connectivity index (χ2v) is 5.37. The molecule has 0 bridgehead atoms. The van der Waals surface area contributed by atoms with E-state index in [-0.39, 0.29) is 0 Å². The maximum atomic E-state index is 6.04. The maximum absolute atomic E-state index is 6.04. The minimum absolute atomic E-state index is 0.291. The first-order chi connectivity index (χ1) is 9.07. The Kier molecular flexibility index (Phi) is 6.52. The molecule has 2 N–H and O–H groups in total. The summed E-state index contributed by atoms with van der Waals surface area (Å²) in [7, 11) is 1.97. The van der Waals surface area contributed by atoms with E-state index in [0.29, 0.717) is 12.6 Å². The lowest BCUT2D eigenvalue weighted by Crippen LogP contribution is -2.37. The van der Waals surface area contributed by atoms with E-state index in [1.54, 1.807) is 0 Å². The SMILES string of the molecule is CCC(CC)CN(CC)C(CN)c1cn(C)nc1C. The van der Waals surface area contributed by atoms with Gasteiger partial charge in [-0.15, -0.1) is 0 Å². The molecule has 1 atom stereocenters. The Morgan fingerprint density at radius 1 is 1.32 bits per heavy atom. The summed E-state index contributed by atoms with van der Waals surface area (Å²) in [6, 6.07) is 0.291. The third kappa shape index (κ3) is 4.05. The molecule has 0 aliphatic carbocycles. The molecule has 0 radical (unpaired) electrons. The molecule has 4 heteroatoms. The average molecular weight is 266 g/mol. The van der Waals surface area contributed by atoms with Crippen LogP contribution in [0.5, 0.6) is 0 Å². The van der Waals surface area contributed by atoms with Crippen LogP contribution in [0.3, 0.4) is 0 Å².